The monoisotopic (exact) mass is 520 g/mol. The van der Waals surface area contributed by atoms with Crippen LogP contribution >= 0.6 is 23.7 Å². The van der Waals surface area contributed by atoms with Crippen molar-refractivity contribution >= 4 is 50.8 Å². The van der Waals surface area contributed by atoms with Crippen LogP contribution in [-0.2, 0) is 0 Å². The van der Waals surface area contributed by atoms with Crippen LogP contribution in [0.3, 0.4) is 0 Å². The van der Waals surface area contributed by atoms with Gasteiger partial charge in [0.1, 0.15) is 17.2 Å². The highest BCUT2D eigenvalue weighted by molar-refractivity contribution is 7.22. The Bertz CT molecular complexity index is 1100. The summed E-state index contributed by atoms with van der Waals surface area (Å²) < 4.78 is 52.6. The van der Waals surface area contributed by atoms with Crippen molar-refractivity contribution in [1.29, 1.82) is 0 Å². The maximum absolute atomic E-state index is 13.2. The van der Waals surface area contributed by atoms with Gasteiger partial charge < -0.3 is 24.4 Å². The van der Waals surface area contributed by atoms with Crippen LogP contribution < -0.4 is 24.4 Å². The number of benzene rings is 2. The Labute approximate surface area is 204 Å². The van der Waals surface area contributed by atoms with Gasteiger partial charge in [-0.25, -0.2) is 9.78 Å². The molecule has 0 aliphatic heterocycles. The highest BCUT2D eigenvalue weighted by Gasteiger charge is 2.31. The fourth-order valence-electron chi connectivity index (χ4n) is 2.86. The molecule has 0 aliphatic carbocycles. The maximum atomic E-state index is 13.2. The Morgan fingerprint density at radius 3 is 2.24 bits per heavy atom. The molecule has 13 heteroatoms. The summed E-state index contributed by atoms with van der Waals surface area (Å²) in [6.45, 7) is 0.832. The molecule has 0 saturated heterocycles. The summed E-state index contributed by atoms with van der Waals surface area (Å²) in [6.07, 6.45) is -4.80. The van der Waals surface area contributed by atoms with Crippen LogP contribution in [0.4, 0.5) is 28.8 Å². The highest BCUT2D eigenvalue weighted by Crippen LogP contribution is 2.34. The van der Waals surface area contributed by atoms with Crippen molar-refractivity contribution in [3.8, 4) is 17.2 Å². The van der Waals surface area contributed by atoms with Crippen LogP contribution in [0.15, 0.2) is 36.4 Å². The number of fused-ring (bicyclic) bond motifs is 1. The quantitative estimate of drug-likeness (QED) is 0.438. The van der Waals surface area contributed by atoms with Crippen LogP contribution in [0.1, 0.15) is 0 Å². The minimum Gasteiger partial charge on any atom is -0.497 e. The second-order valence-electron chi connectivity index (χ2n) is 7.16. The number of halogens is 4. The van der Waals surface area contributed by atoms with Gasteiger partial charge >= 0.3 is 12.4 Å². The Morgan fingerprint density at radius 2 is 1.68 bits per heavy atom. The Morgan fingerprint density at radius 1 is 1.03 bits per heavy atom. The summed E-state index contributed by atoms with van der Waals surface area (Å²) in [5, 5.41) is 3.14. The summed E-state index contributed by atoms with van der Waals surface area (Å²) in [7, 11) is 6.73. The van der Waals surface area contributed by atoms with E-state index in [1.165, 1.54) is 37.3 Å². The number of alkyl halides is 3. The molecule has 0 aliphatic rings. The number of ether oxygens (including phenoxy) is 3. The number of nitrogens with one attached hydrogen (secondary N) is 1. The van der Waals surface area contributed by atoms with Gasteiger partial charge in [-0.1, -0.05) is 11.3 Å². The van der Waals surface area contributed by atoms with Crippen molar-refractivity contribution in [2.75, 3.05) is 51.6 Å². The number of carbonyl (C=O) groups excluding carboxylic acids is 1. The highest BCUT2D eigenvalue weighted by atomic mass is 35.5. The number of anilines is 2. The van der Waals surface area contributed by atoms with Gasteiger partial charge in [-0.3, -0.25) is 4.90 Å². The van der Waals surface area contributed by atoms with E-state index >= 15 is 0 Å². The van der Waals surface area contributed by atoms with Gasteiger partial charge in [0.05, 0.1) is 24.4 Å². The maximum Gasteiger partial charge on any atom is 0.573 e. The van der Waals surface area contributed by atoms with Gasteiger partial charge in [0, 0.05) is 43.0 Å². The first-order chi connectivity index (χ1) is 15.6. The van der Waals surface area contributed by atoms with Crippen LogP contribution in [0.25, 0.3) is 10.2 Å². The van der Waals surface area contributed by atoms with Crippen molar-refractivity contribution in [1.82, 2.24) is 9.88 Å². The first-order valence-electron chi connectivity index (χ1n) is 9.70. The third kappa shape index (κ3) is 7.27. The molecule has 0 unspecified atom stereocenters. The van der Waals surface area contributed by atoms with Crippen LogP contribution in [0, 0.1) is 0 Å². The number of amides is 2. The van der Waals surface area contributed by atoms with Crippen molar-refractivity contribution < 1.29 is 32.2 Å². The molecule has 0 atom stereocenters. The molecular formula is C21H24ClF3N4O4S. The molecule has 1 N–H and O–H groups in total. The molecule has 1 aromatic heterocycles. The summed E-state index contributed by atoms with van der Waals surface area (Å²) in [6, 6.07) is 8.36. The van der Waals surface area contributed by atoms with E-state index in [1.54, 1.807) is 18.2 Å². The third-order valence-corrected chi connectivity index (χ3v) is 5.47. The summed E-state index contributed by atoms with van der Waals surface area (Å²) in [4.78, 5) is 20.9. The number of aromatic nitrogens is 1. The lowest BCUT2D eigenvalue weighted by Gasteiger charge is -2.22. The molecular weight excluding hydrogens is 497 g/mol. The normalized spacial score (nSPS) is 11.2. The van der Waals surface area contributed by atoms with E-state index in [9.17, 15) is 18.0 Å². The average molecular weight is 521 g/mol. The molecule has 0 saturated carbocycles. The number of thiazole rings is 1. The molecule has 0 bridgehead atoms. The van der Waals surface area contributed by atoms with E-state index in [-0.39, 0.29) is 18.2 Å². The third-order valence-electron chi connectivity index (χ3n) is 4.43. The zero-order chi connectivity index (χ0) is 24.2. The number of nitrogens with zero attached hydrogens (tertiary/aromatic N) is 3. The Balaban J connectivity index is 0.00000408. The van der Waals surface area contributed by atoms with Crippen molar-refractivity contribution in [3.05, 3.63) is 36.4 Å². The molecule has 8 nitrogen and oxygen atoms in total. The zero-order valence-electron chi connectivity index (χ0n) is 18.8. The Hall–Kier alpha value is -2.96. The van der Waals surface area contributed by atoms with E-state index in [0.29, 0.717) is 45.6 Å². The number of rotatable bonds is 8. The number of hydrogen-bond acceptors (Lipinski definition) is 7. The molecule has 2 aromatic carbocycles. The minimum atomic E-state index is -4.80. The molecule has 0 spiro atoms. The molecule has 34 heavy (non-hydrogen) atoms. The zero-order valence-corrected chi connectivity index (χ0v) is 20.4. The SMILES string of the molecule is COc1cc(NC(=O)N(CCN(C)C)c2nc3ccc(OC(F)(F)F)cc3s2)cc(OC)c1.Cl. The standard InChI is InChI=1S/C21H23F3N4O4S.ClH/c1-27(2)7-8-28(19(29)25-13-9-15(30-3)11-16(10-13)31-4)20-26-17-6-5-14(12-18(17)33-20)32-21(22,23)24;/h5-6,9-12H,7-8H2,1-4H3,(H,25,29);1H. The van der Waals surface area contributed by atoms with Gasteiger partial charge in [0.25, 0.3) is 0 Å². The van der Waals surface area contributed by atoms with Crippen molar-refractivity contribution in [2.24, 2.45) is 0 Å². The average Bonchev–Trinajstić information content (AvgIpc) is 3.14. The first kappa shape index (κ1) is 27.3. The fourth-order valence-corrected chi connectivity index (χ4v) is 3.88. The predicted octanol–water partition coefficient (Wildman–Crippen LogP) is 5.23. The van der Waals surface area contributed by atoms with E-state index in [2.05, 4.69) is 15.0 Å². The van der Waals surface area contributed by atoms with E-state index in [4.69, 9.17) is 9.47 Å². The number of methoxy groups -OCH3 is 2. The molecule has 2 amide bonds. The Kier molecular flexibility index (Phi) is 9.19. The van der Waals surface area contributed by atoms with Crippen molar-refractivity contribution in [2.45, 2.75) is 6.36 Å². The second kappa shape index (κ2) is 11.4. The molecule has 186 valence electrons. The molecule has 0 fully saturated rings. The van der Waals surface area contributed by atoms with Crippen LogP contribution in [0.5, 0.6) is 17.2 Å². The largest absolute Gasteiger partial charge is 0.573 e. The van der Waals surface area contributed by atoms with Gasteiger partial charge in [0.2, 0.25) is 0 Å². The molecule has 1 heterocycles. The van der Waals surface area contributed by atoms with Gasteiger partial charge in [0.15, 0.2) is 5.13 Å². The number of hydrogen-bond donors (Lipinski definition) is 1. The van der Waals surface area contributed by atoms with Crippen molar-refractivity contribution in [3.63, 3.8) is 0 Å². The smallest absolute Gasteiger partial charge is 0.497 e. The first-order valence-corrected chi connectivity index (χ1v) is 10.5. The van der Waals surface area contributed by atoms with Gasteiger partial charge in [-0.05, 0) is 26.2 Å². The summed E-state index contributed by atoms with van der Waals surface area (Å²) in [5.74, 6) is 0.654. The van der Waals surface area contributed by atoms with E-state index in [0.717, 1.165) is 11.3 Å². The fraction of sp³-hybridized carbons (Fsp3) is 0.333. The van der Waals surface area contributed by atoms with Crippen LogP contribution in [-0.4, -0.2) is 63.7 Å². The number of likely N-dealkylation sites (N-methyl/N-ethyl adjacent to an activating group) is 1. The molecule has 3 aromatic rings. The van der Waals surface area contributed by atoms with Gasteiger partial charge in [-0.15, -0.1) is 25.6 Å². The van der Waals surface area contributed by atoms with E-state index < -0.39 is 12.4 Å². The lowest BCUT2D eigenvalue weighted by molar-refractivity contribution is -0.274. The lowest BCUT2D eigenvalue weighted by atomic mass is 10.3. The van der Waals surface area contributed by atoms with E-state index in [1.807, 2.05) is 19.0 Å². The summed E-state index contributed by atoms with van der Waals surface area (Å²) in [5.41, 5.74) is 0.906. The number of urea groups is 1. The minimum absolute atomic E-state index is 0. The molecule has 3 rings (SSSR count). The lowest BCUT2D eigenvalue weighted by Crippen LogP contribution is -2.39. The van der Waals surface area contributed by atoms with Gasteiger partial charge in [-0.2, -0.15) is 0 Å². The van der Waals surface area contributed by atoms with Crippen LogP contribution in [0.2, 0.25) is 0 Å². The summed E-state index contributed by atoms with van der Waals surface area (Å²) >= 11 is 1.09. The number of carbonyl (C=O) groups is 1. The second-order valence-corrected chi connectivity index (χ2v) is 8.17. The topological polar surface area (TPSA) is 76.2 Å². The molecule has 0 radical (unpaired) electrons. The predicted molar refractivity (Wildman–Crippen MR) is 128 cm³/mol.